The molecule has 5 nitrogen and oxygen atoms in total. The lowest BCUT2D eigenvalue weighted by Gasteiger charge is -2.13. The second kappa shape index (κ2) is 9.51. The normalized spacial score (nSPS) is 11.0. The van der Waals surface area contributed by atoms with Gasteiger partial charge in [-0.3, -0.25) is 4.79 Å². The summed E-state index contributed by atoms with van der Waals surface area (Å²) in [5.41, 5.74) is 8.29. The van der Waals surface area contributed by atoms with Gasteiger partial charge in [-0.05, 0) is 35.2 Å². The molecule has 3 N–H and O–H groups in total. The summed E-state index contributed by atoms with van der Waals surface area (Å²) in [5, 5.41) is 4.27. The van der Waals surface area contributed by atoms with Gasteiger partial charge in [0.05, 0.1) is 22.7 Å². The van der Waals surface area contributed by atoms with Crippen molar-refractivity contribution < 1.29 is 14.3 Å². The summed E-state index contributed by atoms with van der Waals surface area (Å²) in [6, 6.07) is 12.2. The van der Waals surface area contributed by atoms with E-state index in [2.05, 4.69) is 30.6 Å². The topological polar surface area (TPSA) is 73.6 Å². The Labute approximate surface area is 168 Å². The first kappa shape index (κ1) is 20.2. The van der Waals surface area contributed by atoms with E-state index in [1.54, 1.807) is 47.9 Å². The van der Waals surface area contributed by atoms with Crippen LogP contribution in [-0.2, 0) is 4.79 Å². The van der Waals surface area contributed by atoms with Gasteiger partial charge in [0, 0.05) is 5.57 Å². The van der Waals surface area contributed by atoms with E-state index in [9.17, 15) is 4.79 Å². The maximum absolute atomic E-state index is 12.1. The number of amides is 1. The van der Waals surface area contributed by atoms with Gasteiger partial charge in [-0.25, -0.2) is 0 Å². The van der Waals surface area contributed by atoms with Gasteiger partial charge < -0.3 is 20.5 Å². The number of hydrogen-bond donors (Lipinski definition) is 4. The van der Waals surface area contributed by atoms with Crippen LogP contribution in [0.25, 0.3) is 5.57 Å². The van der Waals surface area contributed by atoms with Crippen molar-refractivity contribution in [2.75, 3.05) is 24.8 Å². The highest BCUT2D eigenvalue weighted by molar-refractivity contribution is 8.12. The molecule has 26 heavy (non-hydrogen) atoms. The number of carbonyl (C=O) groups excluding carboxylic acids is 1. The van der Waals surface area contributed by atoms with Crippen LogP contribution in [0.4, 0.5) is 11.4 Å². The molecular weight excluding hydrogens is 388 g/mol. The van der Waals surface area contributed by atoms with Crippen LogP contribution in [0.2, 0.25) is 0 Å². The van der Waals surface area contributed by atoms with E-state index >= 15 is 0 Å². The van der Waals surface area contributed by atoms with E-state index in [4.69, 9.17) is 27.4 Å². The number of benzene rings is 2. The first-order chi connectivity index (χ1) is 12.5. The summed E-state index contributed by atoms with van der Waals surface area (Å²) >= 11 is 13.4. The van der Waals surface area contributed by atoms with Crippen LogP contribution >= 0.6 is 37.5 Å². The Hall–Kier alpha value is -2.16. The first-order valence-corrected chi connectivity index (χ1v) is 8.86. The second-order valence-electron chi connectivity index (χ2n) is 5.14. The van der Waals surface area contributed by atoms with Crippen LogP contribution < -0.4 is 20.5 Å². The average Bonchev–Trinajstić information content (AvgIpc) is 2.62. The number of thiol groups is 2. The van der Waals surface area contributed by atoms with Crippen LogP contribution in [0.3, 0.4) is 0 Å². The van der Waals surface area contributed by atoms with Crippen molar-refractivity contribution in [2.45, 2.75) is 0 Å². The third-order valence-corrected chi connectivity index (χ3v) is 4.15. The Morgan fingerprint density at radius 1 is 1.27 bits per heavy atom. The van der Waals surface area contributed by atoms with Crippen molar-refractivity contribution in [2.24, 2.45) is 0 Å². The molecule has 0 radical (unpaired) electrons. The predicted molar refractivity (Wildman–Crippen MR) is 117 cm³/mol. The van der Waals surface area contributed by atoms with Gasteiger partial charge in [0.15, 0.2) is 18.1 Å². The maximum Gasteiger partial charge on any atom is 0.262 e. The molecule has 0 saturated carbocycles. The molecule has 0 bridgehead atoms. The van der Waals surface area contributed by atoms with Gasteiger partial charge >= 0.3 is 0 Å². The summed E-state index contributed by atoms with van der Waals surface area (Å²) in [5.74, 6) is 0.560. The molecule has 8 heteroatoms. The molecule has 0 spiro atoms. The molecule has 0 aliphatic carbocycles. The summed E-state index contributed by atoms with van der Waals surface area (Å²) in [4.78, 5) is 12.1. The van der Waals surface area contributed by atoms with E-state index in [1.165, 1.54) is 7.11 Å². The molecule has 0 aliphatic rings. The minimum absolute atomic E-state index is 0.190. The smallest absolute Gasteiger partial charge is 0.262 e. The predicted octanol–water partition coefficient (Wildman–Crippen LogP) is 3.82. The number of rotatable bonds is 7. The summed E-state index contributed by atoms with van der Waals surface area (Å²) in [7, 11) is 1.51. The molecule has 0 heterocycles. The Morgan fingerprint density at radius 3 is 2.62 bits per heavy atom. The molecule has 2 aromatic carbocycles. The van der Waals surface area contributed by atoms with Crippen LogP contribution in [-0.4, -0.2) is 23.8 Å². The monoisotopic (exact) mass is 406 g/mol. The van der Waals surface area contributed by atoms with E-state index in [-0.39, 0.29) is 12.5 Å². The molecule has 0 atom stereocenters. The Balaban J connectivity index is 2.08. The number of anilines is 2. The lowest BCUT2D eigenvalue weighted by molar-refractivity contribution is -0.118. The van der Waals surface area contributed by atoms with Crippen molar-refractivity contribution in [1.82, 2.24) is 0 Å². The summed E-state index contributed by atoms with van der Waals surface area (Å²) in [6.07, 6.45) is 0. The van der Waals surface area contributed by atoms with Crippen molar-refractivity contribution in [3.63, 3.8) is 0 Å². The fourth-order valence-electron chi connectivity index (χ4n) is 2.15. The Bertz CT molecular complexity index is 853. The SMILES string of the molecule is COc1cc(/C(=C/S)C(=S)S)ccc1OCC(=O)Nc1ccccc1N. The average molecular weight is 407 g/mol. The number of hydrogen-bond acceptors (Lipinski definition) is 6. The van der Waals surface area contributed by atoms with Crippen molar-refractivity contribution >= 4 is 64.5 Å². The summed E-state index contributed by atoms with van der Waals surface area (Å²) in [6.45, 7) is -0.190. The van der Waals surface area contributed by atoms with Gasteiger partial charge in [-0.1, -0.05) is 30.4 Å². The number of ether oxygens (including phenoxy) is 2. The van der Waals surface area contributed by atoms with Crippen LogP contribution in [0.15, 0.2) is 47.9 Å². The van der Waals surface area contributed by atoms with E-state index < -0.39 is 0 Å². The quantitative estimate of drug-likeness (QED) is 0.243. The Morgan fingerprint density at radius 2 is 2.00 bits per heavy atom. The molecule has 1 amide bonds. The molecule has 2 rings (SSSR count). The highest BCUT2D eigenvalue weighted by atomic mass is 32.1. The lowest BCUT2D eigenvalue weighted by atomic mass is 10.1. The zero-order chi connectivity index (χ0) is 19.1. The minimum Gasteiger partial charge on any atom is -0.493 e. The van der Waals surface area contributed by atoms with Gasteiger partial charge in [-0.2, -0.15) is 12.6 Å². The van der Waals surface area contributed by atoms with Crippen molar-refractivity contribution in [3.8, 4) is 11.5 Å². The van der Waals surface area contributed by atoms with Crippen LogP contribution in [0.5, 0.6) is 11.5 Å². The highest BCUT2D eigenvalue weighted by Gasteiger charge is 2.12. The second-order valence-corrected chi connectivity index (χ2v) is 6.55. The van der Waals surface area contributed by atoms with Gasteiger partial charge in [-0.15, -0.1) is 12.6 Å². The fourth-order valence-corrected chi connectivity index (χ4v) is 2.99. The molecule has 0 saturated heterocycles. The molecular formula is C18H18N2O3S3. The minimum atomic E-state index is -0.332. The number of carbonyl (C=O) groups is 1. The Kier molecular flexibility index (Phi) is 7.38. The fraction of sp³-hybridized carbons (Fsp3) is 0.111. The van der Waals surface area contributed by atoms with Crippen molar-refractivity contribution in [1.29, 1.82) is 0 Å². The number of thiocarbonyl (C=S) groups is 1. The molecule has 0 unspecified atom stereocenters. The van der Waals surface area contributed by atoms with Crippen molar-refractivity contribution in [3.05, 3.63) is 53.4 Å². The lowest BCUT2D eigenvalue weighted by Crippen LogP contribution is -2.21. The molecule has 0 fully saturated rings. The first-order valence-electron chi connectivity index (χ1n) is 7.49. The zero-order valence-corrected chi connectivity index (χ0v) is 16.5. The summed E-state index contributed by atoms with van der Waals surface area (Å²) < 4.78 is 11.3. The van der Waals surface area contributed by atoms with E-state index in [0.717, 1.165) is 5.56 Å². The van der Waals surface area contributed by atoms with E-state index in [1.807, 2.05) is 0 Å². The molecule has 2 aromatic rings. The molecule has 0 aliphatic heterocycles. The standard InChI is InChI=1S/C18H18N2O3S3/c1-22-16-8-11(12(10-24)18(25)26)6-7-15(16)23-9-17(21)20-14-5-3-2-4-13(14)19/h2-8,10,24H,9,19H2,1H3,(H,20,21)(H,25,26)/b12-10-. The number of methoxy groups -OCH3 is 1. The van der Waals surface area contributed by atoms with Gasteiger partial charge in [0.2, 0.25) is 0 Å². The third-order valence-electron chi connectivity index (χ3n) is 3.43. The number of para-hydroxylation sites is 2. The van der Waals surface area contributed by atoms with E-state index in [0.29, 0.717) is 32.6 Å². The molecule has 136 valence electrons. The number of nitrogen functional groups attached to an aromatic ring is 1. The largest absolute Gasteiger partial charge is 0.493 e. The highest BCUT2D eigenvalue weighted by Crippen LogP contribution is 2.32. The van der Waals surface area contributed by atoms with Crippen LogP contribution in [0, 0.1) is 0 Å². The molecule has 0 aromatic heterocycles. The van der Waals surface area contributed by atoms with Crippen LogP contribution in [0.1, 0.15) is 5.56 Å². The number of nitrogens with two attached hydrogens (primary N) is 1. The van der Waals surface area contributed by atoms with Gasteiger partial charge in [0.25, 0.3) is 5.91 Å². The number of nitrogens with one attached hydrogen (secondary N) is 1. The maximum atomic E-state index is 12.1. The third kappa shape index (κ3) is 5.17. The zero-order valence-electron chi connectivity index (χ0n) is 13.9. The van der Waals surface area contributed by atoms with Gasteiger partial charge in [0.1, 0.15) is 0 Å².